The van der Waals surface area contributed by atoms with Crippen molar-refractivity contribution in [3.05, 3.63) is 96.2 Å². The molecule has 0 aliphatic rings. The molecule has 0 aliphatic carbocycles. The number of aromatic nitrogens is 2. The highest BCUT2D eigenvalue weighted by Crippen LogP contribution is 2.22. The van der Waals surface area contributed by atoms with Crippen molar-refractivity contribution in [3.8, 4) is 5.69 Å². The molecule has 0 saturated carbocycles. The fraction of sp³-hybridized carbons (Fsp3) is 0.259. The maximum atomic E-state index is 13.2. The SMILES string of the molecule is COCC(=O)NC(CO)C(C)Cc1ccc2c(cnn2-c2ccc(F)cc2)c1.Fc1ccccc1. The molecule has 184 valence electrons. The van der Waals surface area contributed by atoms with Crippen LogP contribution in [0.2, 0.25) is 0 Å². The van der Waals surface area contributed by atoms with E-state index < -0.39 is 0 Å². The molecule has 0 fully saturated rings. The molecule has 0 saturated heterocycles. The number of aliphatic hydroxyl groups is 1. The third-order valence-corrected chi connectivity index (χ3v) is 5.50. The Morgan fingerprint density at radius 3 is 2.34 bits per heavy atom. The average Bonchev–Trinajstić information content (AvgIpc) is 3.27. The summed E-state index contributed by atoms with van der Waals surface area (Å²) in [7, 11) is 1.46. The smallest absolute Gasteiger partial charge is 0.246 e. The zero-order chi connectivity index (χ0) is 25.2. The lowest BCUT2D eigenvalue weighted by molar-refractivity contribution is -0.126. The van der Waals surface area contributed by atoms with Crippen molar-refractivity contribution in [1.29, 1.82) is 0 Å². The number of carbonyl (C=O) groups excluding carboxylic acids is 1. The van der Waals surface area contributed by atoms with Gasteiger partial charge in [-0.25, -0.2) is 13.5 Å². The second-order valence-electron chi connectivity index (χ2n) is 8.19. The fourth-order valence-corrected chi connectivity index (χ4v) is 3.67. The minimum atomic E-state index is -0.347. The van der Waals surface area contributed by atoms with Gasteiger partial charge in [0.2, 0.25) is 5.91 Å². The van der Waals surface area contributed by atoms with Crippen LogP contribution in [-0.2, 0) is 16.0 Å². The van der Waals surface area contributed by atoms with E-state index in [1.165, 1.54) is 31.4 Å². The molecule has 2 N–H and O–H groups in total. The summed E-state index contributed by atoms with van der Waals surface area (Å²) in [6.07, 6.45) is 2.47. The summed E-state index contributed by atoms with van der Waals surface area (Å²) in [5, 5.41) is 17.8. The fourth-order valence-electron chi connectivity index (χ4n) is 3.67. The highest BCUT2D eigenvalue weighted by molar-refractivity contribution is 5.81. The van der Waals surface area contributed by atoms with E-state index in [1.54, 1.807) is 41.2 Å². The van der Waals surface area contributed by atoms with Gasteiger partial charge in [-0.1, -0.05) is 31.2 Å². The summed E-state index contributed by atoms with van der Waals surface area (Å²) in [6.45, 7) is 1.82. The first-order valence-electron chi connectivity index (χ1n) is 11.2. The monoisotopic (exact) mass is 481 g/mol. The Morgan fingerprint density at radius 1 is 1.06 bits per heavy atom. The van der Waals surface area contributed by atoms with Crippen LogP contribution < -0.4 is 5.32 Å². The normalized spacial score (nSPS) is 12.5. The maximum absolute atomic E-state index is 13.2. The molecule has 2 unspecified atom stereocenters. The van der Waals surface area contributed by atoms with Crippen molar-refractivity contribution in [2.45, 2.75) is 19.4 Å². The minimum absolute atomic E-state index is 0.0300. The molecule has 1 heterocycles. The number of halogens is 2. The lowest BCUT2D eigenvalue weighted by Crippen LogP contribution is -2.44. The van der Waals surface area contributed by atoms with Crippen LogP contribution in [0.5, 0.6) is 0 Å². The molecule has 1 aromatic heterocycles. The Bertz CT molecular complexity index is 1210. The van der Waals surface area contributed by atoms with E-state index in [4.69, 9.17) is 4.74 Å². The number of methoxy groups -OCH3 is 1. The van der Waals surface area contributed by atoms with Gasteiger partial charge in [0, 0.05) is 12.5 Å². The topological polar surface area (TPSA) is 76.4 Å². The summed E-state index contributed by atoms with van der Waals surface area (Å²) in [6, 6.07) is 19.8. The summed E-state index contributed by atoms with van der Waals surface area (Å²) < 4.78 is 31.6. The number of amides is 1. The summed E-state index contributed by atoms with van der Waals surface area (Å²) in [5.74, 6) is -0.671. The number of carbonyl (C=O) groups is 1. The minimum Gasteiger partial charge on any atom is -0.394 e. The zero-order valence-electron chi connectivity index (χ0n) is 19.7. The number of nitrogens with zero attached hydrogens (tertiary/aromatic N) is 2. The quantitative estimate of drug-likeness (QED) is 0.394. The van der Waals surface area contributed by atoms with Crippen molar-refractivity contribution in [1.82, 2.24) is 15.1 Å². The van der Waals surface area contributed by atoms with Crippen LogP contribution >= 0.6 is 0 Å². The number of fused-ring (bicyclic) bond motifs is 1. The van der Waals surface area contributed by atoms with Crippen molar-refractivity contribution < 1.29 is 23.4 Å². The van der Waals surface area contributed by atoms with Crippen LogP contribution in [0.25, 0.3) is 16.6 Å². The molecule has 3 aromatic carbocycles. The Hall–Kier alpha value is -3.62. The number of ether oxygens (including phenoxy) is 1. The third kappa shape index (κ3) is 7.43. The van der Waals surface area contributed by atoms with E-state index in [0.717, 1.165) is 22.2 Å². The third-order valence-electron chi connectivity index (χ3n) is 5.50. The van der Waals surface area contributed by atoms with Crippen molar-refractivity contribution in [2.24, 2.45) is 5.92 Å². The Kier molecular flexibility index (Phi) is 9.46. The summed E-state index contributed by atoms with van der Waals surface area (Å²) >= 11 is 0. The molecule has 0 bridgehead atoms. The van der Waals surface area contributed by atoms with Crippen LogP contribution in [0, 0.1) is 17.6 Å². The lowest BCUT2D eigenvalue weighted by Gasteiger charge is -2.23. The maximum Gasteiger partial charge on any atom is 0.246 e. The lowest BCUT2D eigenvalue weighted by atomic mass is 9.93. The van der Waals surface area contributed by atoms with E-state index in [0.29, 0.717) is 6.42 Å². The molecule has 0 radical (unpaired) electrons. The van der Waals surface area contributed by atoms with Gasteiger partial charge < -0.3 is 15.2 Å². The molecule has 4 aromatic rings. The van der Waals surface area contributed by atoms with Crippen LogP contribution in [0.1, 0.15) is 12.5 Å². The van der Waals surface area contributed by atoms with Gasteiger partial charge in [-0.2, -0.15) is 5.10 Å². The van der Waals surface area contributed by atoms with Gasteiger partial charge in [0.05, 0.1) is 30.0 Å². The van der Waals surface area contributed by atoms with Gasteiger partial charge in [0.15, 0.2) is 0 Å². The van der Waals surface area contributed by atoms with Gasteiger partial charge in [0.1, 0.15) is 18.2 Å². The first kappa shape index (κ1) is 26.0. The average molecular weight is 482 g/mol. The van der Waals surface area contributed by atoms with Gasteiger partial charge >= 0.3 is 0 Å². The van der Waals surface area contributed by atoms with Gasteiger partial charge in [-0.3, -0.25) is 4.79 Å². The Balaban J connectivity index is 0.000000420. The number of nitrogens with one attached hydrogen (secondary N) is 1. The molecule has 0 aliphatic heterocycles. The van der Waals surface area contributed by atoms with Crippen LogP contribution in [0.15, 0.2) is 79.0 Å². The number of hydrogen-bond donors (Lipinski definition) is 2. The second-order valence-corrected chi connectivity index (χ2v) is 8.19. The molecule has 1 amide bonds. The Labute approximate surface area is 203 Å². The van der Waals surface area contributed by atoms with Crippen molar-refractivity contribution >= 4 is 16.8 Å². The van der Waals surface area contributed by atoms with Crippen LogP contribution in [0.3, 0.4) is 0 Å². The first-order valence-corrected chi connectivity index (χ1v) is 11.2. The number of benzene rings is 3. The van der Waals surface area contributed by atoms with Crippen molar-refractivity contribution in [2.75, 3.05) is 20.3 Å². The number of hydrogen-bond acceptors (Lipinski definition) is 4. The van der Waals surface area contributed by atoms with Gasteiger partial charge in [0.25, 0.3) is 0 Å². The predicted molar refractivity (Wildman–Crippen MR) is 131 cm³/mol. The molecule has 2 atom stereocenters. The van der Waals surface area contributed by atoms with Crippen LogP contribution in [-0.4, -0.2) is 47.2 Å². The first-order chi connectivity index (χ1) is 16.9. The zero-order valence-corrected chi connectivity index (χ0v) is 19.7. The van der Waals surface area contributed by atoms with Gasteiger partial charge in [-0.05, 0) is 66.4 Å². The molecule has 6 nitrogen and oxygen atoms in total. The van der Waals surface area contributed by atoms with E-state index >= 15 is 0 Å². The van der Waals surface area contributed by atoms with E-state index in [2.05, 4.69) is 10.4 Å². The summed E-state index contributed by atoms with van der Waals surface area (Å²) in [5.41, 5.74) is 2.80. The summed E-state index contributed by atoms with van der Waals surface area (Å²) in [4.78, 5) is 11.7. The van der Waals surface area contributed by atoms with E-state index in [-0.39, 0.29) is 42.7 Å². The predicted octanol–water partition coefficient (Wildman–Crippen LogP) is 4.29. The van der Waals surface area contributed by atoms with Crippen LogP contribution in [0.4, 0.5) is 8.78 Å². The van der Waals surface area contributed by atoms with E-state index in [1.807, 2.05) is 25.1 Å². The Morgan fingerprint density at radius 2 is 1.74 bits per heavy atom. The number of rotatable bonds is 8. The standard InChI is InChI=1S/C21H24FN3O3.C6H5F/c1-14(19(12-26)24-21(27)13-28-2)9-15-3-8-20-16(10-15)11-23-25(20)18-6-4-17(22)5-7-18;7-6-4-2-1-3-5-6/h3-8,10-11,14,19,26H,9,12-13H2,1-2H3,(H,24,27);1-5H. The molecule has 0 spiro atoms. The molecule has 8 heteroatoms. The number of aliphatic hydroxyl groups excluding tert-OH is 1. The largest absolute Gasteiger partial charge is 0.394 e. The van der Waals surface area contributed by atoms with Gasteiger partial charge in [-0.15, -0.1) is 0 Å². The van der Waals surface area contributed by atoms with Crippen molar-refractivity contribution in [3.63, 3.8) is 0 Å². The highest BCUT2D eigenvalue weighted by Gasteiger charge is 2.19. The molecule has 4 rings (SSSR count). The molecular weight excluding hydrogens is 452 g/mol. The molecule has 35 heavy (non-hydrogen) atoms. The second kappa shape index (κ2) is 12.7. The molecular formula is C27H29F2N3O3. The highest BCUT2D eigenvalue weighted by atomic mass is 19.1. The van der Waals surface area contributed by atoms with E-state index in [9.17, 15) is 18.7 Å².